The Hall–Kier alpha value is -2.84. The molecule has 0 aliphatic heterocycles. The van der Waals surface area contributed by atoms with Crippen molar-refractivity contribution in [2.75, 3.05) is 13.7 Å². The number of nitrogens with zero attached hydrogens (tertiary/aromatic N) is 1. The minimum Gasteiger partial charge on any atom is -0.494 e. The Kier molecular flexibility index (Phi) is 6.24. The Morgan fingerprint density at radius 3 is 2.62 bits per heavy atom. The highest BCUT2D eigenvalue weighted by Crippen LogP contribution is 2.36. The van der Waals surface area contributed by atoms with E-state index in [1.807, 2.05) is 0 Å². The topological polar surface area (TPSA) is 60.5 Å². The van der Waals surface area contributed by atoms with E-state index in [4.69, 9.17) is 9.47 Å². The summed E-state index contributed by atoms with van der Waals surface area (Å²) in [5.41, 5.74) is -1.44. The van der Waals surface area contributed by atoms with Gasteiger partial charge in [-0.1, -0.05) is 12.5 Å². The number of ether oxygens (including phenoxy) is 2. The molecule has 1 aliphatic carbocycles. The second-order valence-corrected chi connectivity index (χ2v) is 6.80. The number of carbonyl (C=O) groups is 1. The molecule has 1 amide bonds. The summed E-state index contributed by atoms with van der Waals surface area (Å²) in [7, 11) is 1.31. The quantitative estimate of drug-likeness (QED) is 0.687. The number of carbonyl (C=O) groups excluding carboxylic acids is 1. The zero-order valence-electron chi connectivity index (χ0n) is 15.7. The van der Waals surface area contributed by atoms with E-state index in [9.17, 15) is 22.4 Å². The molecule has 1 aromatic carbocycles. The van der Waals surface area contributed by atoms with Crippen molar-refractivity contribution >= 4 is 5.91 Å². The highest BCUT2D eigenvalue weighted by Gasteiger charge is 2.38. The monoisotopic (exact) mass is 412 g/mol. The van der Waals surface area contributed by atoms with Gasteiger partial charge in [0.15, 0.2) is 11.6 Å². The van der Waals surface area contributed by atoms with Gasteiger partial charge in [0.05, 0.1) is 19.3 Å². The predicted octanol–water partition coefficient (Wildman–Crippen LogP) is 4.36. The van der Waals surface area contributed by atoms with Crippen LogP contribution in [0.25, 0.3) is 0 Å². The number of methoxy groups -OCH3 is 1. The number of rotatable bonds is 7. The van der Waals surface area contributed by atoms with Crippen LogP contribution in [0.2, 0.25) is 0 Å². The molecule has 5 nitrogen and oxygen atoms in total. The number of alkyl halides is 3. The van der Waals surface area contributed by atoms with E-state index in [2.05, 4.69) is 10.3 Å². The van der Waals surface area contributed by atoms with Gasteiger partial charge in [-0.15, -0.1) is 0 Å². The van der Waals surface area contributed by atoms with Crippen molar-refractivity contribution in [1.29, 1.82) is 0 Å². The Labute approximate surface area is 165 Å². The van der Waals surface area contributed by atoms with Gasteiger partial charge >= 0.3 is 6.18 Å². The van der Waals surface area contributed by atoms with Crippen molar-refractivity contribution in [3.63, 3.8) is 0 Å². The Morgan fingerprint density at radius 2 is 2.03 bits per heavy atom. The molecule has 0 radical (unpaired) electrons. The average Bonchev–Trinajstić information content (AvgIpc) is 2.64. The number of amides is 1. The molecular formula is C20H20F4N2O3. The zero-order valence-corrected chi connectivity index (χ0v) is 15.7. The van der Waals surface area contributed by atoms with E-state index < -0.39 is 29.0 Å². The van der Waals surface area contributed by atoms with E-state index in [0.29, 0.717) is 5.56 Å². The van der Waals surface area contributed by atoms with Crippen molar-refractivity contribution in [2.24, 2.45) is 5.92 Å². The van der Waals surface area contributed by atoms with Gasteiger partial charge < -0.3 is 14.8 Å². The van der Waals surface area contributed by atoms with Crippen molar-refractivity contribution < 1.29 is 31.8 Å². The standard InChI is InChI=1S/C20H20F4N2O3/c1-28-16-6-5-13(9-15(16)21)10-26-18(27)17-14(20(22,23)24)7-8-25-19(17)29-11-12-3-2-4-12/h5-9,12H,2-4,10-11H2,1H3,(H,26,27). The molecule has 0 bridgehead atoms. The number of nitrogens with one attached hydrogen (secondary N) is 1. The molecule has 1 saturated carbocycles. The van der Waals surface area contributed by atoms with Crippen LogP contribution in [-0.2, 0) is 12.7 Å². The number of hydrogen-bond acceptors (Lipinski definition) is 4. The maximum atomic E-state index is 13.8. The van der Waals surface area contributed by atoms with Crippen LogP contribution < -0.4 is 14.8 Å². The number of hydrogen-bond donors (Lipinski definition) is 1. The summed E-state index contributed by atoms with van der Waals surface area (Å²) < 4.78 is 64.4. The first-order valence-corrected chi connectivity index (χ1v) is 9.09. The molecule has 29 heavy (non-hydrogen) atoms. The molecule has 1 N–H and O–H groups in total. The molecule has 1 heterocycles. The molecule has 0 saturated heterocycles. The predicted molar refractivity (Wildman–Crippen MR) is 96.2 cm³/mol. The third-order valence-corrected chi connectivity index (χ3v) is 4.80. The summed E-state index contributed by atoms with van der Waals surface area (Å²) in [4.78, 5) is 16.4. The molecule has 9 heteroatoms. The first-order chi connectivity index (χ1) is 13.8. The lowest BCUT2D eigenvalue weighted by Gasteiger charge is -2.25. The first kappa shape index (κ1) is 20.9. The third-order valence-electron chi connectivity index (χ3n) is 4.80. The summed E-state index contributed by atoms with van der Waals surface area (Å²) in [6.45, 7) is 0.0340. The summed E-state index contributed by atoms with van der Waals surface area (Å²) in [5.74, 6) is -1.71. The van der Waals surface area contributed by atoms with Crippen molar-refractivity contribution in [1.82, 2.24) is 10.3 Å². The van der Waals surface area contributed by atoms with Gasteiger partial charge in [0.2, 0.25) is 5.88 Å². The van der Waals surface area contributed by atoms with Gasteiger partial charge in [-0.3, -0.25) is 4.79 Å². The van der Waals surface area contributed by atoms with Gasteiger partial charge in [0.25, 0.3) is 5.91 Å². The third kappa shape index (κ3) is 4.96. The number of aromatic nitrogens is 1. The number of halogens is 4. The maximum absolute atomic E-state index is 13.8. The van der Waals surface area contributed by atoms with E-state index in [-0.39, 0.29) is 30.7 Å². The van der Waals surface area contributed by atoms with Gasteiger partial charge in [-0.25, -0.2) is 9.37 Å². The molecular weight excluding hydrogens is 392 g/mol. The SMILES string of the molecule is COc1ccc(CNC(=O)c2c(C(F)(F)F)ccnc2OCC2CCC2)cc1F. The van der Waals surface area contributed by atoms with Crippen LogP contribution in [0.1, 0.15) is 40.7 Å². The zero-order chi connectivity index (χ0) is 21.0. The lowest BCUT2D eigenvalue weighted by atomic mass is 9.86. The fraction of sp³-hybridized carbons (Fsp3) is 0.400. The van der Waals surface area contributed by atoms with Crippen LogP contribution in [0.3, 0.4) is 0 Å². The summed E-state index contributed by atoms with van der Waals surface area (Å²) in [6.07, 6.45) is -0.867. The van der Waals surface area contributed by atoms with Crippen molar-refractivity contribution in [3.05, 3.63) is 53.0 Å². The lowest BCUT2D eigenvalue weighted by molar-refractivity contribution is -0.138. The minimum absolute atomic E-state index is 0.0263. The average molecular weight is 412 g/mol. The van der Waals surface area contributed by atoms with Crippen LogP contribution >= 0.6 is 0 Å². The first-order valence-electron chi connectivity index (χ1n) is 9.09. The van der Waals surface area contributed by atoms with Gasteiger partial charge in [-0.2, -0.15) is 13.2 Å². The Balaban J connectivity index is 1.80. The van der Waals surface area contributed by atoms with Gasteiger partial charge in [0.1, 0.15) is 5.56 Å². The Bertz CT molecular complexity index is 883. The highest BCUT2D eigenvalue weighted by molar-refractivity contribution is 5.98. The fourth-order valence-corrected chi connectivity index (χ4v) is 2.95. The molecule has 0 atom stereocenters. The largest absolute Gasteiger partial charge is 0.494 e. The van der Waals surface area contributed by atoms with E-state index in [1.54, 1.807) is 0 Å². The van der Waals surface area contributed by atoms with Crippen molar-refractivity contribution in [3.8, 4) is 11.6 Å². The molecule has 2 aromatic rings. The molecule has 1 aliphatic rings. The molecule has 0 unspecified atom stereocenters. The van der Waals surface area contributed by atoms with Crippen LogP contribution in [0.4, 0.5) is 17.6 Å². The smallest absolute Gasteiger partial charge is 0.417 e. The van der Waals surface area contributed by atoms with Gasteiger partial charge in [0, 0.05) is 12.7 Å². The second kappa shape index (κ2) is 8.67. The molecule has 3 rings (SSSR count). The summed E-state index contributed by atoms with van der Waals surface area (Å²) in [5, 5.41) is 2.38. The second-order valence-electron chi connectivity index (χ2n) is 6.80. The van der Waals surface area contributed by atoms with Crippen molar-refractivity contribution in [2.45, 2.75) is 32.0 Å². The number of benzene rings is 1. The maximum Gasteiger partial charge on any atom is 0.417 e. The van der Waals surface area contributed by atoms with E-state index >= 15 is 0 Å². The molecule has 156 valence electrons. The van der Waals surface area contributed by atoms with E-state index in [0.717, 1.165) is 37.6 Å². The van der Waals surface area contributed by atoms with Crippen LogP contribution in [0.5, 0.6) is 11.6 Å². The normalized spacial score (nSPS) is 14.2. The number of pyridine rings is 1. The summed E-state index contributed by atoms with van der Waals surface area (Å²) in [6, 6.07) is 4.75. The van der Waals surface area contributed by atoms with E-state index in [1.165, 1.54) is 19.2 Å². The molecule has 0 spiro atoms. The van der Waals surface area contributed by atoms with Gasteiger partial charge in [-0.05, 0) is 42.5 Å². The fourth-order valence-electron chi connectivity index (χ4n) is 2.95. The van der Waals surface area contributed by atoms with Crippen LogP contribution in [0.15, 0.2) is 30.5 Å². The molecule has 1 fully saturated rings. The summed E-state index contributed by atoms with van der Waals surface area (Å²) >= 11 is 0. The highest BCUT2D eigenvalue weighted by atomic mass is 19.4. The molecule has 1 aromatic heterocycles. The van der Waals surface area contributed by atoms with Crippen LogP contribution in [0, 0.1) is 11.7 Å². The minimum atomic E-state index is -4.75. The lowest BCUT2D eigenvalue weighted by Crippen LogP contribution is -2.28. The van der Waals surface area contributed by atoms with Crippen LogP contribution in [-0.4, -0.2) is 24.6 Å². The Morgan fingerprint density at radius 1 is 1.28 bits per heavy atom.